The van der Waals surface area contributed by atoms with E-state index in [1.807, 2.05) is 0 Å². The maximum atomic E-state index is 13.0. The average Bonchev–Trinajstić information content (AvgIpc) is 2.94. The van der Waals surface area contributed by atoms with Crippen LogP contribution in [0.25, 0.3) is 0 Å². The smallest absolute Gasteiger partial charge is 0.332 e. The van der Waals surface area contributed by atoms with Crippen LogP contribution in [0.15, 0.2) is 61.2 Å². The monoisotopic (exact) mass is 413 g/mol. The number of halogens is 1. The van der Waals surface area contributed by atoms with Crippen molar-refractivity contribution < 1.29 is 19.1 Å². The summed E-state index contributed by atoms with van der Waals surface area (Å²) in [5.41, 5.74) is 0.935. The molecule has 8 heteroatoms. The zero-order valence-electron chi connectivity index (χ0n) is 15.8. The Hall–Kier alpha value is -3.32. The van der Waals surface area contributed by atoms with Gasteiger partial charge in [0.05, 0.1) is 19.2 Å². The van der Waals surface area contributed by atoms with Gasteiger partial charge in [0, 0.05) is 23.3 Å². The molecule has 1 aliphatic heterocycles. The molecule has 2 aromatic carbocycles. The highest BCUT2D eigenvalue weighted by Gasteiger charge is 2.46. The minimum atomic E-state index is -0.931. The first-order valence-corrected chi connectivity index (χ1v) is 9.27. The Balaban J connectivity index is 1.81. The van der Waals surface area contributed by atoms with E-state index in [1.54, 1.807) is 48.5 Å². The van der Waals surface area contributed by atoms with Crippen molar-refractivity contribution in [2.75, 3.05) is 23.9 Å². The molecule has 0 aliphatic carbocycles. The number of nitrogens with zero attached hydrogens (tertiary/aromatic N) is 2. The number of methoxy groups -OCH3 is 1. The van der Waals surface area contributed by atoms with Crippen LogP contribution >= 0.6 is 11.6 Å². The van der Waals surface area contributed by atoms with Crippen molar-refractivity contribution in [3.05, 3.63) is 66.2 Å². The molecule has 0 bridgehead atoms. The molecule has 7 nitrogen and oxygen atoms in total. The molecule has 0 unspecified atom stereocenters. The van der Waals surface area contributed by atoms with E-state index in [0.29, 0.717) is 22.1 Å². The van der Waals surface area contributed by atoms with E-state index in [2.05, 4.69) is 11.9 Å². The molecular formula is C21H20ClN3O4. The molecule has 0 spiro atoms. The number of amides is 4. The van der Waals surface area contributed by atoms with Crippen LogP contribution in [0.4, 0.5) is 16.2 Å². The van der Waals surface area contributed by atoms with Gasteiger partial charge < -0.3 is 15.0 Å². The van der Waals surface area contributed by atoms with Gasteiger partial charge >= 0.3 is 6.03 Å². The highest BCUT2D eigenvalue weighted by molar-refractivity contribution is 6.30. The van der Waals surface area contributed by atoms with Crippen molar-refractivity contribution in [2.45, 2.75) is 12.5 Å². The Morgan fingerprint density at radius 1 is 1.24 bits per heavy atom. The number of ether oxygens (including phenoxy) is 1. The number of rotatable bonds is 7. The topological polar surface area (TPSA) is 79.0 Å². The van der Waals surface area contributed by atoms with Crippen LogP contribution in [-0.4, -0.2) is 42.4 Å². The number of benzene rings is 2. The van der Waals surface area contributed by atoms with Crippen molar-refractivity contribution in [3.8, 4) is 5.75 Å². The van der Waals surface area contributed by atoms with Crippen LogP contribution in [0.5, 0.6) is 5.75 Å². The van der Waals surface area contributed by atoms with Gasteiger partial charge in [0.15, 0.2) is 0 Å². The Bertz CT molecular complexity index is 945. The predicted molar refractivity (Wildman–Crippen MR) is 111 cm³/mol. The normalized spacial score (nSPS) is 16.1. The summed E-state index contributed by atoms with van der Waals surface area (Å²) in [7, 11) is 1.50. The van der Waals surface area contributed by atoms with Crippen molar-refractivity contribution >= 4 is 40.8 Å². The minimum absolute atomic E-state index is 0.143. The summed E-state index contributed by atoms with van der Waals surface area (Å²) in [6, 6.07) is 11.8. The van der Waals surface area contributed by atoms with E-state index >= 15 is 0 Å². The van der Waals surface area contributed by atoms with Crippen LogP contribution in [0.2, 0.25) is 5.02 Å². The van der Waals surface area contributed by atoms with E-state index in [-0.39, 0.29) is 18.9 Å². The Kier molecular flexibility index (Phi) is 6.19. The lowest BCUT2D eigenvalue weighted by molar-refractivity contribution is -0.124. The number of carbonyl (C=O) groups is 3. The van der Waals surface area contributed by atoms with Crippen LogP contribution < -0.4 is 15.0 Å². The standard InChI is InChI=1S/C21H20ClN3O4/c1-3-11-24-18(13-19(26)23-15-9-7-14(22)8-10-15)20(27)25(21(24)28)16-5-4-6-17(12-16)29-2/h3-10,12,18H,1,11,13H2,2H3,(H,23,26)/t18-/m0/s1. The number of carbonyl (C=O) groups excluding carboxylic acids is 3. The lowest BCUT2D eigenvalue weighted by Crippen LogP contribution is -2.38. The molecule has 3 rings (SSSR count). The SMILES string of the molecule is C=CCN1C(=O)N(c2cccc(OC)c2)C(=O)[C@@H]1CC(=O)Nc1ccc(Cl)cc1. The van der Waals surface area contributed by atoms with Gasteiger partial charge in [-0.05, 0) is 36.4 Å². The van der Waals surface area contributed by atoms with Crippen molar-refractivity contribution in [1.29, 1.82) is 0 Å². The van der Waals surface area contributed by atoms with Crippen molar-refractivity contribution in [3.63, 3.8) is 0 Å². The second-order valence-electron chi connectivity index (χ2n) is 6.37. The molecule has 1 N–H and O–H groups in total. The first-order chi connectivity index (χ1) is 13.9. The third-order valence-corrected chi connectivity index (χ3v) is 4.71. The Morgan fingerprint density at radius 3 is 2.62 bits per heavy atom. The van der Waals surface area contributed by atoms with Crippen LogP contribution in [0, 0.1) is 0 Å². The van der Waals surface area contributed by atoms with Gasteiger partial charge in [0.1, 0.15) is 11.8 Å². The first-order valence-electron chi connectivity index (χ1n) is 8.89. The molecule has 1 aliphatic rings. The van der Waals surface area contributed by atoms with Gasteiger partial charge in [-0.15, -0.1) is 6.58 Å². The molecule has 2 aromatic rings. The fourth-order valence-corrected chi connectivity index (χ4v) is 3.21. The van der Waals surface area contributed by atoms with Crippen molar-refractivity contribution in [1.82, 2.24) is 4.90 Å². The van der Waals surface area contributed by atoms with Crippen LogP contribution in [0.1, 0.15) is 6.42 Å². The number of hydrogen-bond donors (Lipinski definition) is 1. The third kappa shape index (κ3) is 4.41. The molecule has 1 atom stereocenters. The largest absolute Gasteiger partial charge is 0.497 e. The zero-order valence-corrected chi connectivity index (χ0v) is 16.6. The molecule has 29 heavy (non-hydrogen) atoms. The molecule has 0 saturated carbocycles. The van der Waals surface area contributed by atoms with Gasteiger partial charge in [-0.1, -0.05) is 23.7 Å². The minimum Gasteiger partial charge on any atom is -0.497 e. The Morgan fingerprint density at radius 2 is 1.97 bits per heavy atom. The number of hydrogen-bond acceptors (Lipinski definition) is 4. The van der Waals surface area contributed by atoms with Crippen LogP contribution in [-0.2, 0) is 9.59 Å². The van der Waals surface area contributed by atoms with E-state index in [9.17, 15) is 14.4 Å². The zero-order chi connectivity index (χ0) is 21.0. The fourth-order valence-electron chi connectivity index (χ4n) is 3.09. The molecule has 150 valence electrons. The molecule has 4 amide bonds. The Labute approximate surface area is 173 Å². The summed E-state index contributed by atoms with van der Waals surface area (Å²) < 4.78 is 5.17. The maximum absolute atomic E-state index is 13.0. The predicted octanol–water partition coefficient (Wildman–Crippen LogP) is 3.70. The lowest BCUT2D eigenvalue weighted by Gasteiger charge is -2.19. The average molecular weight is 414 g/mol. The van der Waals surface area contributed by atoms with E-state index in [4.69, 9.17) is 16.3 Å². The highest BCUT2D eigenvalue weighted by atomic mass is 35.5. The van der Waals surface area contributed by atoms with Gasteiger partial charge in [0.2, 0.25) is 5.91 Å². The van der Waals surface area contributed by atoms with Gasteiger partial charge in [-0.2, -0.15) is 0 Å². The van der Waals surface area contributed by atoms with E-state index < -0.39 is 18.0 Å². The second-order valence-corrected chi connectivity index (χ2v) is 6.81. The summed E-state index contributed by atoms with van der Waals surface area (Å²) >= 11 is 5.85. The summed E-state index contributed by atoms with van der Waals surface area (Å²) in [4.78, 5) is 40.8. The van der Waals surface area contributed by atoms with E-state index in [1.165, 1.54) is 18.1 Å². The molecule has 0 radical (unpaired) electrons. The van der Waals surface area contributed by atoms with Crippen molar-refractivity contribution in [2.24, 2.45) is 0 Å². The molecule has 0 aromatic heterocycles. The number of nitrogens with one attached hydrogen (secondary N) is 1. The summed E-state index contributed by atoms with van der Waals surface area (Å²) in [5, 5.41) is 3.26. The number of anilines is 2. The third-order valence-electron chi connectivity index (χ3n) is 4.46. The fraction of sp³-hybridized carbons (Fsp3) is 0.190. The quantitative estimate of drug-likeness (QED) is 0.554. The lowest BCUT2D eigenvalue weighted by atomic mass is 10.1. The molecular weight excluding hydrogens is 394 g/mol. The molecule has 1 fully saturated rings. The van der Waals surface area contributed by atoms with Crippen LogP contribution in [0.3, 0.4) is 0 Å². The summed E-state index contributed by atoms with van der Waals surface area (Å²) in [6.07, 6.45) is 1.34. The van der Waals surface area contributed by atoms with Gasteiger partial charge in [-0.3, -0.25) is 9.59 Å². The maximum Gasteiger partial charge on any atom is 0.332 e. The summed E-state index contributed by atoms with van der Waals surface area (Å²) in [6.45, 7) is 3.78. The molecule has 1 saturated heterocycles. The summed E-state index contributed by atoms with van der Waals surface area (Å²) in [5.74, 6) is -0.348. The number of urea groups is 1. The number of imide groups is 1. The highest BCUT2D eigenvalue weighted by Crippen LogP contribution is 2.29. The second kappa shape index (κ2) is 8.79. The first kappa shape index (κ1) is 20.4. The van der Waals surface area contributed by atoms with E-state index in [0.717, 1.165) is 4.90 Å². The molecule has 1 heterocycles. The van der Waals surface area contributed by atoms with Gasteiger partial charge in [-0.25, -0.2) is 9.69 Å². The van der Waals surface area contributed by atoms with Gasteiger partial charge in [0.25, 0.3) is 5.91 Å².